The van der Waals surface area contributed by atoms with Crippen LogP contribution in [0.4, 0.5) is 4.79 Å². The number of primary amides is 1. The molecule has 0 aliphatic carbocycles. The second-order valence-electron chi connectivity index (χ2n) is 3.42. The summed E-state index contributed by atoms with van der Waals surface area (Å²) >= 11 is 0. The van der Waals surface area contributed by atoms with E-state index in [0.717, 1.165) is 0 Å². The van der Waals surface area contributed by atoms with Crippen molar-refractivity contribution in [3.8, 4) is 0 Å². The number of H-pyrrole nitrogens is 1. The summed E-state index contributed by atoms with van der Waals surface area (Å²) in [5.41, 5.74) is 4.87. The van der Waals surface area contributed by atoms with E-state index >= 15 is 0 Å². The Kier molecular flexibility index (Phi) is 4.67. The lowest BCUT2D eigenvalue weighted by Gasteiger charge is -2.13. The van der Waals surface area contributed by atoms with Crippen molar-refractivity contribution >= 4 is 17.9 Å². The highest BCUT2D eigenvalue weighted by molar-refractivity contribution is 5.87. The van der Waals surface area contributed by atoms with Crippen molar-refractivity contribution in [2.45, 2.75) is 19.0 Å². The topological polar surface area (TPSA) is 150 Å². The minimum absolute atomic E-state index is 0.113. The van der Waals surface area contributed by atoms with E-state index in [-0.39, 0.29) is 6.54 Å². The molecule has 98 valence electrons. The zero-order valence-electron chi connectivity index (χ0n) is 9.34. The first-order valence-corrected chi connectivity index (χ1v) is 5.02. The third-order valence-corrected chi connectivity index (χ3v) is 1.98. The molecular weight excluding hydrogens is 242 g/mol. The van der Waals surface area contributed by atoms with Gasteiger partial charge in [0.25, 0.3) is 0 Å². The Hall–Kier alpha value is -2.58. The first-order valence-electron chi connectivity index (χ1n) is 5.02. The van der Waals surface area contributed by atoms with Crippen LogP contribution in [-0.2, 0) is 16.1 Å². The molecule has 1 atom stereocenters. The third-order valence-electron chi connectivity index (χ3n) is 1.98. The maximum absolute atomic E-state index is 11.4. The third kappa shape index (κ3) is 4.51. The molecule has 1 heterocycles. The second-order valence-corrected chi connectivity index (χ2v) is 3.42. The van der Waals surface area contributed by atoms with Gasteiger partial charge in [-0.25, -0.2) is 14.6 Å². The lowest BCUT2D eigenvalue weighted by Crippen LogP contribution is -2.47. The SMILES string of the molecule is NC(=O)CC(NC(=O)NCc1ncc[nH]1)C(=O)O. The van der Waals surface area contributed by atoms with Gasteiger partial charge >= 0.3 is 12.0 Å². The van der Waals surface area contributed by atoms with Crippen LogP contribution in [0.15, 0.2) is 12.4 Å². The smallest absolute Gasteiger partial charge is 0.326 e. The van der Waals surface area contributed by atoms with Gasteiger partial charge in [0.1, 0.15) is 11.9 Å². The van der Waals surface area contributed by atoms with Gasteiger partial charge in [-0.05, 0) is 0 Å². The predicted octanol–water partition coefficient (Wildman–Crippen LogP) is -1.46. The second kappa shape index (κ2) is 6.23. The van der Waals surface area contributed by atoms with E-state index in [2.05, 4.69) is 20.6 Å². The van der Waals surface area contributed by atoms with E-state index < -0.39 is 30.4 Å². The average Bonchev–Trinajstić information content (AvgIpc) is 2.77. The van der Waals surface area contributed by atoms with Gasteiger partial charge in [-0.15, -0.1) is 0 Å². The molecule has 1 aromatic heterocycles. The molecular formula is C9H13N5O4. The molecule has 18 heavy (non-hydrogen) atoms. The van der Waals surface area contributed by atoms with E-state index in [0.29, 0.717) is 5.82 Å². The maximum Gasteiger partial charge on any atom is 0.326 e. The summed E-state index contributed by atoms with van der Waals surface area (Å²) in [6, 6.07) is -2.07. The Bertz CT molecular complexity index is 430. The Morgan fingerprint density at radius 1 is 1.50 bits per heavy atom. The molecule has 0 aliphatic heterocycles. The van der Waals surface area contributed by atoms with E-state index in [1.165, 1.54) is 6.20 Å². The van der Waals surface area contributed by atoms with Crippen LogP contribution in [0.5, 0.6) is 0 Å². The van der Waals surface area contributed by atoms with Gasteiger partial charge in [0, 0.05) is 12.4 Å². The monoisotopic (exact) mass is 255 g/mol. The number of carbonyl (C=O) groups is 3. The number of hydrogen-bond donors (Lipinski definition) is 5. The van der Waals surface area contributed by atoms with E-state index in [1.807, 2.05) is 0 Å². The van der Waals surface area contributed by atoms with E-state index in [4.69, 9.17) is 10.8 Å². The minimum atomic E-state index is -1.35. The molecule has 0 bridgehead atoms. The van der Waals surface area contributed by atoms with Crippen LogP contribution in [0.3, 0.4) is 0 Å². The van der Waals surface area contributed by atoms with Crippen molar-refractivity contribution in [1.29, 1.82) is 0 Å². The van der Waals surface area contributed by atoms with Crippen LogP contribution in [0, 0.1) is 0 Å². The van der Waals surface area contributed by atoms with Crippen molar-refractivity contribution in [1.82, 2.24) is 20.6 Å². The molecule has 0 spiro atoms. The standard InChI is InChI=1S/C9H13N5O4/c10-6(15)3-5(8(16)17)14-9(18)13-4-7-11-1-2-12-7/h1-2,5H,3-4H2,(H2,10,15)(H,11,12)(H,16,17)(H2,13,14,18). The van der Waals surface area contributed by atoms with Crippen LogP contribution in [-0.4, -0.2) is 39.0 Å². The number of aromatic nitrogens is 2. The van der Waals surface area contributed by atoms with Gasteiger partial charge < -0.3 is 26.5 Å². The fraction of sp³-hybridized carbons (Fsp3) is 0.333. The van der Waals surface area contributed by atoms with Gasteiger partial charge in [0.05, 0.1) is 13.0 Å². The molecule has 6 N–H and O–H groups in total. The van der Waals surface area contributed by atoms with Crippen molar-refractivity contribution in [2.75, 3.05) is 0 Å². The van der Waals surface area contributed by atoms with Gasteiger partial charge in [0.15, 0.2) is 0 Å². The highest BCUT2D eigenvalue weighted by atomic mass is 16.4. The summed E-state index contributed by atoms with van der Waals surface area (Å²) in [5, 5.41) is 13.3. The first kappa shape index (κ1) is 13.5. The zero-order chi connectivity index (χ0) is 13.5. The van der Waals surface area contributed by atoms with E-state index in [9.17, 15) is 14.4 Å². The Morgan fingerprint density at radius 3 is 2.72 bits per heavy atom. The summed E-state index contributed by atoms with van der Waals surface area (Å²) in [6.07, 6.45) is 2.63. The molecule has 1 unspecified atom stereocenters. The number of nitrogens with zero attached hydrogens (tertiary/aromatic N) is 1. The summed E-state index contributed by atoms with van der Waals surface area (Å²) < 4.78 is 0. The number of hydrogen-bond acceptors (Lipinski definition) is 4. The molecule has 9 heteroatoms. The number of rotatable bonds is 6. The van der Waals surface area contributed by atoms with Gasteiger partial charge in [-0.1, -0.05) is 0 Å². The molecule has 0 aromatic carbocycles. The van der Waals surface area contributed by atoms with Crippen molar-refractivity contribution in [3.63, 3.8) is 0 Å². The molecule has 0 fully saturated rings. The lowest BCUT2D eigenvalue weighted by atomic mass is 10.2. The maximum atomic E-state index is 11.4. The number of urea groups is 1. The van der Waals surface area contributed by atoms with Crippen LogP contribution in [0.25, 0.3) is 0 Å². The highest BCUT2D eigenvalue weighted by Crippen LogP contribution is 1.92. The lowest BCUT2D eigenvalue weighted by molar-refractivity contribution is -0.140. The van der Waals surface area contributed by atoms with Crippen LogP contribution in [0.1, 0.15) is 12.2 Å². The van der Waals surface area contributed by atoms with Gasteiger partial charge in [0.2, 0.25) is 5.91 Å². The Balaban J connectivity index is 2.41. The molecule has 0 aliphatic rings. The van der Waals surface area contributed by atoms with Crippen molar-refractivity contribution in [2.24, 2.45) is 5.73 Å². The van der Waals surface area contributed by atoms with Crippen molar-refractivity contribution in [3.05, 3.63) is 18.2 Å². The number of imidazole rings is 1. The minimum Gasteiger partial charge on any atom is -0.480 e. The Labute approximate surface area is 102 Å². The highest BCUT2D eigenvalue weighted by Gasteiger charge is 2.21. The number of amides is 3. The average molecular weight is 255 g/mol. The predicted molar refractivity (Wildman–Crippen MR) is 59.2 cm³/mol. The summed E-state index contributed by atoms with van der Waals surface area (Å²) in [5.74, 6) is -1.62. The number of carbonyl (C=O) groups excluding carboxylic acids is 2. The summed E-state index contributed by atoms with van der Waals surface area (Å²) in [7, 11) is 0. The summed E-state index contributed by atoms with van der Waals surface area (Å²) in [6.45, 7) is 0.113. The molecule has 0 saturated carbocycles. The molecule has 3 amide bonds. The van der Waals surface area contributed by atoms with Crippen molar-refractivity contribution < 1.29 is 19.5 Å². The zero-order valence-corrected chi connectivity index (χ0v) is 9.34. The number of nitrogens with two attached hydrogens (primary N) is 1. The molecule has 0 saturated heterocycles. The van der Waals surface area contributed by atoms with Crippen LogP contribution in [0.2, 0.25) is 0 Å². The largest absolute Gasteiger partial charge is 0.480 e. The number of aliphatic carboxylic acids is 1. The number of carboxylic acids is 1. The van der Waals surface area contributed by atoms with Crippen LogP contribution < -0.4 is 16.4 Å². The normalized spacial score (nSPS) is 11.6. The molecule has 9 nitrogen and oxygen atoms in total. The number of aromatic amines is 1. The molecule has 1 rings (SSSR count). The number of carboxylic acid groups (broad SMARTS) is 1. The molecule has 1 aromatic rings. The quantitative estimate of drug-likeness (QED) is 0.420. The van der Waals surface area contributed by atoms with Crippen LogP contribution >= 0.6 is 0 Å². The fourth-order valence-electron chi connectivity index (χ4n) is 1.17. The Morgan fingerprint density at radius 2 is 2.22 bits per heavy atom. The molecule has 0 radical (unpaired) electrons. The van der Waals surface area contributed by atoms with Gasteiger partial charge in [-0.3, -0.25) is 4.79 Å². The van der Waals surface area contributed by atoms with E-state index in [1.54, 1.807) is 6.20 Å². The first-order chi connectivity index (χ1) is 8.49. The summed E-state index contributed by atoms with van der Waals surface area (Å²) in [4.78, 5) is 39.3. The number of nitrogens with one attached hydrogen (secondary N) is 3. The van der Waals surface area contributed by atoms with Gasteiger partial charge in [-0.2, -0.15) is 0 Å². The fourth-order valence-corrected chi connectivity index (χ4v) is 1.17.